The smallest absolute Gasteiger partial charge is 0.128 e. The van der Waals surface area contributed by atoms with Crippen molar-refractivity contribution in [2.75, 3.05) is 57.6 Å². The minimum absolute atomic E-state index is 0.187. The average molecular weight is 697 g/mol. The number of hydrogen-bond acceptors (Lipinski definition) is 8. The van der Waals surface area contributed by atoms with Crippen molar-refractivity contribution in [3.05, 3.63) is 178 Å². The maximum atomic E-state index is 5.94. The van der Waals surface area contributed by atoms with Crippen molar-refractivity contribution in [3.8, 4) is 5.75 Å². The summed E-state index contributed by atoms with van der Waals surface area (Å²) in [6.07, 6.45) is 11.8. The lowest BCUT2D eigenvalue weighted by Gasteiger charge is -2.19. The quantitative estimate of drug-likeness (QED) is 0.0415. The molecule has 0 saturated carbocycles. The van der Waals surface area contributed by atoms with E-state index in [1.165, 1.54) is 17.4 Å². The Balaban J connectivity index is 0.00000170. The van der Waals surface area contributed by atoms with Gasteiger partial charge in [-0.15, -0.1) is 6.58 Å². The molecule has 0 heterocycles. The number of hydrogen-bond donors (Lipinski definition) is 2. The predicted molar refractivity (Wildman–Crippen MR) is 213 cm³/mol. The van der Waals surface area contributed by atoms with E-state index in [0.29, 0.717) is 45.6 Å². The lowest BCUT2D eigenvalue weighted by molar-refractivity contribution is -0.0224. The molecule has 3 aromatic rings. The number of benzene rings is 3. The Bertz CT molecular complexity index is 1400. The van der Waals surface area contributed by atoms with E-state index >= 15 is 0 Å². The summed E-state index contributed by atoms with van der Waals surface area (Å²) in [6.45, 7) is 25.1. The Morgan fingerprint density at radius 3 is 1.65 bits per heavy atom. The molecule has 8 nitrogen and oxygen atoms in total. The molecule has 2 N–H and O–H groups in total. The highest BCUT2D eigenvalue weighted by Gasteiger charge is 2.12. The van der Waals surface area contributed by atoms with Gasteiger partial charge in [0.15, 0.2) is 0 Å². The van der Waals surface area contributed by atoms with Gasteiger partial charge in [-0.25, -0.2) is 0 Å². The third-order valence-electron chi connectivity index (χ3n) is 6.52. The normalized spacial score (nSPS) is 11.4. The monoisotopic (exact) mass is 696 g/mol. The molecule has 0 fully saturated rings. The van der Waals surface area contributed by atoms with Gasteiger partial charge >= 0.3 is 0 Å². The van der Waals surface area contributed by atoms with Crippen LogP contribution in [0, 0.1) is 0 Å². The van der Waals surface area contributed by atoms with Crippen molar-refractivity contribution in [2.24, 2.45) is 0 Å². The molecule has 3 aromatic carbocycles. The van der Waals surface area contributed by atoms with Gasteiger partial charge in [-0.05, 0) is 73.0 Å². The second kappa shape index (κ2) is 29.6. The van der Waals surface area contributed by atoms with Gasteiger partial charge in [0.25, 0.3) is 0 Å². The molecular weight excluding hydrogens is 640 g/mol. The van der Waals surface area contributed by atoms with E-state index in [1.807, 2.05) is 49.4 Å². The van der Waals surface area contributed by atoms with Crippen molar-refractivity contribution in [1.29, 1.82) is 0 Å². The molecule has 0 saturated heterocycles. The Labute approximate surface area is 306 Å². The largest absolute Gasteiger partial charge is 0.499 e. The molecular formula is C43H56N2O6. The summed E-state index contributed by atoms with van der Waals surface area (Å²) in [7, 11) is 1.65. The van der Waals surface area contributed by atoms with Gasteiger partial charge in [0, 0.05) is 18.5 Å². The zero-order chi connectivity index (χ0) is 37.4. The Morgan fingerprint density at radius 1 is 0.667 bits per heavy atom. The molecule has 8 heteroatoms. The topological polar surface area (TPSA) is 79.4 Å². The molecule has 51 heavy (non-hydrogen) atoms. The zero-order valence-corrected chi connectivity index (χ0v) is 30.3. The number of allylic oxidation sites excluding steroid dienone is 6. The summed E-state index contributed by atoms with van der Waals surface area (Å²) >= 11 is 0. The van der Waals surface area contributed by atoms with Gasteiger partial charge in [-0.2, -0.15) is 0 Å². The molecule has 3 rings (SSSR count). The molecule has 0 aliphatic heterocycles. The fraction of sp³-hybridized carbons (Fsp3) is 0.256. The van der Waals surface area contributed by atoms with Crippen LogP contribution in [0.5, 0.6) is 5.75 Å². The van der Waals surface area contributed by atoms with Crippen LogP contribution in [0.2, 0.25) is 0 Å². The van der Waals surface area contributed by atoms with E-state index in [1.54, 1.807) is 43.6 Å². The van der Waals surface area contributed by atoms with Crippen LogP contribution in [0.25, 0.3) is 0 Å². The summed E-state index contributed by atoms with van der Waals surface area (Å²) in [6, 6.07) is 26.3. The van der Waals surface area contributed by atoms with Gasteiger partial charge in [0.1, 0.15) is 57.0 Å². The van der Waals surface area contributed by atoms with E-state index in [4.69, 9.17) is 28.4 Å². The second-order valence-electron chi connectivity index (χ2n) is 10.6. The first-order chi connectivity index (χ1) is 25.0. The van der Waals surface area contributed by atoms with E-state index in [0.717, 1.165) is 23.5 Å². The van der Waals surface area contributed by atoms with Gasteiger partial charge in [0.05, 0.1) is 12.9 Å². The highest BCUT2D eigenvalue weighted by molar-refractivity contribution is 5.47. The van der Waals surface area contributed by atoms with Gasteiger partial charge in [-0.3, -0.25) is 0 Å². The second-order valence-corrected chi connectivity index (χ2v) is 10.6. The molecule has 0 aromatic heterocycles. The van der Waals surface area contributed by atoms with Crippen LogP contribution in [-0.4, -0.2) is 59.2 Å². The predicted octanol–water partition coefficient (Wildman–Crippen LogP) is 9.50. The van der Waals surface area contributed by atoms with E-state index < -0.39 is 0 Å². The van der Waals surface area contributed by atoms with Crippen LogP contribution in [0.4, 0.5) is 11.4 Å². The van der Waals surface area contributed by atoms with E-state index in [-0.39, 0.29) is 12.2 Å². The Kier molecular flexibility index (Phi) is 25.4. The van der Waals surface area contributed by atoms with Crippen LogP contribution in [0.3, 0.4) is 0 Å². The summed E-state index contributed by atoms with van der Waals surface area (Å²) in [4.78, 5) is 0. The summed E-state index contributed by atoms with van der Waals surface area (Å²) in [5, 5.41) is 6.59. The number of anilines is 2. The van der Waals surface area contributed by atoms with Crippen LogP contribution in [0.1, 0.15) is 18.1 Å². The Hall–Kier alpha value is -5.28. The SMILES string of the molecule is C=C/C=C(\C=C)OCC(COC=C)OCNc1ccc(Cc2ccc(NCOC(COC)COc3ccccc3)cc2)cc1.C=CC.C=CC=C. The fourth-order valence-electron chi connectivity index (χ4n) is 4.04. The standard InChI is InChI=1S/C36H44N2O6.C4H6.C3H6/c1-5-11-33(6-2)41-26-36(24-40-7-3)44-28-38-32-20-16-30(17-21-32)22-29-14-18-31(19-15-29)37-27-43-35(23-39-4)25-42-34-12-9-8-10-13-34;1-3-4-2;1-3-2/h5-21,35-38H,1-3,22-28H2,4H3;3-4H,1-2H2;3H,1H2,2H3/b33-11+;;. The van der Waals surface area contributed by atoms with Crippen molar-refractivity contribution >= 4 is 11.4 Å². The highest BCUT2D eigenvalue weighted by Crippen LogP contribution is 2.17. The summed E-state index contributed by atoms with van der Waals surface area (Å²) in [5.74, 6) is 1.43. The molecule has 2 atom stereocenters. The molecule has 2 unspecified atom stereocenters. The number of rotatable bonds is 24. The van der Waals surface area contributed by atoms with Crippen LogP contribution in [-0.2, 0) is 30.1 Å². The van der Waals surface area contributed by atoms with Gasteiger partial charge in [-0.1, -0.05) is 99.7 Å². The first-order valence-corrected chi connectivity index (χ1v) is 16.6. The number of para-hydroxylation sites is 1. The summed E-state index contributed by atoms with van der Waals surface area (Å²) in [5.41, 5.74) is 4.35. The maximum absolute atomic E-state index is 5.94. The molecule has 0 bridgehead atoms. The first-order valence-electron chi connectivity index (χ1n) is 16.6. The molecule has 0 spiro atoms. The van der Waals surface area contributed by atoms with Crippen molar-refractivity contribution in [3.63, 3.8) is 0 Å². The lowest BCUT2D eigenvalue weighted by atomic mass is 10.0. The van der Waals surface area contributed by atoms with Crippen molar-refractivity contribution in [2.45, 2.75) is 25.6 Å². The molecule has 0 aliphatic rings. The minimum atomic E-state index is -0.294. The lowest BCUT2D eigenvalue weighted by Crippen LogP contribution is -2.28. The van der Waals surface area contributed by atoms with Gasteiger partial charge < -0.3 is 39.1 Å². The van der Waals surface area contributed by atoms with E-state index in [2.05, 4.69) is 86.5 Å². The van der Waals surface area contributed by atoms with Crippen LogP contribution < -0.4 is 15.4 Å². The minimum Gasteiger partial charge on any atom is -0.499 e. The molecule has 274 valence electrons. The number of nitrogens with one attached hydrogen (secondary N) is 2. The van der Waals surface area contributed by atoms with Crippen molar-refractivity contribution in [1.82, 2.24) is 0 Å². The number of methoxy groups -OCH3 is 1. The average Bonchev–Trinajstić information content (AvgIpc) is 3.16. The van der Waals surface area contributed by atoms with Gasteiger partial charge in [0.2, 0.25) is 0 Å². The van der Waals surface area contributed by atoms with Crippen LogP contribution in [0.15, 0.2) is 167 Å². The highest BCUT2D eigenvalue weighted by atomic mass is 16.6. The first kappa shape index (κ1) is 43.7. The van der Waals surface area contributed by atoms with Crippen LogP contribution >= 0.6 is 0 Å². The molecule has 0 radical (unpaired) electrons. The number of ether oxygens (including phenoxy) is 6. The van der Waals surface area contributed by atoms with E-state index in [9.17, 15) is 0 Å². The molecule has 0 aliphatic carbocycles. The summed E-state index contributed by atoms with van der Waals surface area (Å²) < 4.78 is 34.0. The Morgan fingerprint density at radius 2 is 1.20 bits per heavy atom. The third-order valence-corrected chi connectivity index (χ3v) is 6.52. The maximum Gasteiger partial charge on any atom is 0.128 e. The zero-order valence-electron chi connectivity index (χ0n) is 30.3. The fourth-order valence-corrected chi connectivity index (χ4v) is 4.04. The van der Waals surface area contributed by atoms with Crippen molar-refractivity contribution < 1.29 is 28.4 Å². The third kappa shape index (κ3) is 21.4. The molecule has 0 amide bonds.